The van der Waals surface area contributed by atoms with Crippen LogP contribution in [0.15, 0.2) is 36.9 Å². The van der Waals surface area contributed by atoms with Gasteiger partial charge >= 0.3 is 0 Å². The van der Waals surface area contributed by atoms with Gasteiger partial charge in [-0.3, -0.25) is 0 Å². The van der Waals surface area contributed by atoms with Gasteiger partial charge < -0.3 is 30.7 Å². The van der Waals surface area contributed by atoms with E-state index in [2.05, 4.69) is 54.3 Å². The Kier molecular flexibility index (Phi) is 8.49. The fraction of sp³-hybridized carbons (Fsp3) is 0.417. The minimum absolute atomic E-state index is 0.0920. The molecule has 6 heterocycles. The number of likely N-dealkylation sites (N-methyl/N-ethyl adjacent to an activating group) is 2. The quantitative estimate of drug-likeness (QED) is 0.337. The molecular weight excluding hydrogens is 559 g/mol. The van der Waals surface area contributed by atoms with Crippen molar-refractivity contribution in [3.8, 4) is 23.4 Å². The fourth-order valence-corrected chi connectivity index (χ4v) is 4.84. The number of ether oxygens (including phenoxy) is 2. The van der Waals surface area contributed by atoms with Gasteiger partial charge in [0.1, 0.15) is 12.2 Å². The molecule has 2 saturated heterocycles. The molecule has 6 rings (SSSR count). The lowest BCUT2D eigenvalue weighted by Gasteiger charge is -2.15. The molecule has 4 aromatic rings. The normalized spacial score (nSPS) is 19.4. The smallest absolute Gasteiger partial charge is 0.239 e. The summed E-state index contributed by atoms with van der Waals surface area (Å²) in [5, 5.41) is 16.8. The van der Waals surface area contributed by atoms with Crippen LogP contribution < -0.4 is 20.9 Å². The van der Waals surface area contributed by atoms with Crippen LogP contribution in [0, 0.1) is 0 Å². The largest absolute Gasteiger partial charge is 0.471 e. The van der Waals surface area contributed by atoms with Crippen LogP contribution in [0.1, 0.15) is 12.8 Å². The molecule has 2 fully saturated rings. The van der Waals surface area contributed by atoms with Crippen LogP contribution in [0.25, 0.3) is 11.6 Å². The van der Waals surface area contributed by atoms with E-state index in [1.807, 2.05) is 0 Å². The molecule has 2 aliphatic heterocycles. The first-order valence-electron chi connectivity index (χ1n) is 12.6. The van der Waals surface area contributed by atoms with E-state index in [1.165, 1.54) is 9.59 Å². The van der Waals surface area contributed by atoms with Crippen molar-refractivity contribution in [1.29, 1.82) is 0 Å². The predicted molar refractivity (Wildman–Crippen MR) is 150 cm³/mol. The summed E-state index contributed by atoms with van der Waals surface area (Å²) in [6.07, 6.45) is 8.32. The van der Waals surface area contributed by atoms with Crippen LogP contribution >= 0.6 is 23.2 Å². The Labute approximate surface area is 240 Å². The highest BCUT2D eigenvalue weighted by molar-refractivity contribution is 6.32. The minimum atomic E-state index is 0.0920. The van der Waals surface area contributed by atoms with E-state index in [0.717, 1.165) is 39.0 Å². The van der Waals surface area contributed by atoms with Crippen LogP contribution in [0.5, 0.6) is 11.8 Å². The second kappa shape index (κ2) is 12.2. The summed E-state index contributed by atoms with van der Waals surface area (Å²) in [5.41, 5.74) is 12.7. The van der Waals surface area contributed by atoms with Crippen molar-refractivity contribution in [1.82, 2.24) is 49.8 Å². The van der Waals surface area contributed by atoms with E-state index in [-0.39, 0.29) is 12.2 Å². The standard InChI is InChI=1S/2C12H15ClN6O/c2*1-18-5-2-8(7-18)20-12-10(14)6-9(13)11(17-12)19-15-3-4-16-19/h2*3-4,6,8H,2,5,7,14H2,1H3. The maximum absolute atomic E-state index is 6.13. The molecule has 2 atom stereocenters. The average Bonchev–Trinajstić information content (AvgIpc) is 3.73. The van der Waals surface area contributed by atoms with Gasteiger partial charge in [-0.15, -0.1) is 9.59 Å². The molecule has 2 aliphatic rings. The number of likely N-dealkylation sites (tertiary alicyclic amines) is 2. The molecule has 14 nitrogen and oxygen atoms in total. The van der Waals surface area contributed by atoms with E-state index in [1.54, 1.807) is 36.9 Å². The van der Waals surface area contributed by atoms with E-state index in [9.17, 15) is 0 Å². The van der Waals surface area contributed by atoms with Crippen LogP contribution in [-0.2, 0) is 0 Å². The first-order valence-corrected chi connectivity index (χ1v) is 13.4. The molecule has 0 amide bonds. The van der Waals surface area contributed by atoms with Crippen molar-refractivity contribution in [3.05, 3.63) is 47.0 Å². The van der Waals surface area contributed by atoms with Gasteiger partial charge in [0.25, 0.3) is 0 Å². The van der Waals surface area contributed by atoms with Gasteiger partial charge in [-0.05, 0) is 39.1 Å². The van der Waals surface area contributed by atoms with Crippen molar-refractivity contribution < 1.29 is 9.47 Å². The lowest BCUT2D eigenvalue weighted by atomic mass is 10.3. The van der Waals surface area contributed by atoms with Crippen molar-refractivity contribution in [3.63, 3.8) is 0 Å². The molecule has 16 heteroatoms. The summed E-state index contributed by atoms with van der Waals surface area (Å²) in [5.74, 6) is 1.57. The van der Waals surface area contributed by atoms with E-state index in [4.69, 9.17) is 44.1 Å². The zero-order chi connectivity index (χ0) is 28.2. The van der Waals surface area contributed by atoms with Crippen molar-refractivity contribution in [2.75, 3.05) is 51.7 Å². The van der Waals surface area contributed by atoms with Gasteiger partial charge in [0, 0.05) is 26.2 Å². The molecule has 4 N–H and O–H groups in total. The van der Waals surface area contributed by atoms with Gasteiger partial charge in [0.05, 0.1) is 46.2 Å². The Morgan fingerprint density at radius 1 is 0.700 bits per heavy atom. The highest BCUT2D eigenvalue weighted by Crippen LogP contribution is 2.30. The number of hydrogen-bond acceptors (Lipinski definition) is 12. The van der Waals surface area contributed by atoms with Crippen molar-refractivity contribution in [2.24, 2.45) is 0 Å². The summed E-state index contributed by atoms with van der Waals surface area (Å²) >= 11 is 12.3. The summed E-state index contributed by atoms with van der Waals surface area (Å²) in [6.45, 7) is 3.73. The second-order valence-electron chi connectivity index (χ2n) is 9.59. The molecule has 4 aromatic heterocycles. The zero-order valence-electron chi connectivity index (χ0n) is 22.1. The Morgan fingerprint density at radius 3 is 1.40 bits per heavy atom. The molecule has 0 spiro atoms. The summed E-state index contributed by atoms with van der Waals surface area (Å²) in [4.78, 5) is 15.8. The number of pyridine rings is 2. The Balaban J connectivity index is 0.000000161. The first-order chi connectivity index (χ1) is 19.3. The SMILES string of the molecule is CN1CCC(Oc2nc(-n3nccn3)c(Cl)cc2N)C1.CN1CCC(Oc2nc(-n3nccn3)c(Cl)cc2N)C1. The number of rotatable bonds is 6. The number of nitrogens with two attached hydrogens (primary N) is 2. The third-order valence-electron chi connectivity index (χ3n) is 6.37. The molecule has 0 aromatic carbocycles. The van der Waals surface area contributed by atoms with Crippen molar-refractivity contribution >= 4 is 34.6 Å². The molecule has 0 radical (unpaired) electrons. The van der Waals surface area contributed by atoms with Gasteiger partial charge in [0.15, 0.2) is 11.6 Å². The minimum Gasteiger partial charge on any atom is -0.471 e. The number of nitrogen functional groups attached to an aromatic ring is 2. The molecule has 40 heavy (non-hydrogen) atoms. The second-order valence-corrected chi connectivity index (χ2v) is 10.4. The summed E-state index contributed by atoms with van der Waals surface area (Å²) < 4.78 is 11.7. The molecule has 0 saturated carbocycles. The zero-order valence-corrected chi connectivity index (χ0v) is 23.6. The van der Waals surface area contributed by atoms with Crippen LogP contribution in [-0.4, -0.2) is 102 Å². The van der Waals surface area contributed by atoms with Crippen molar-refractivity contribution in [2.45, 2.75) is 25.0 Å². The molecule has 0 bridgehead atoms. The van der Waals surface area contributed by atoms with Gasteiger partial charge in [-0.1, -0.05) is 23.2 Å². The van der Waals surface area contributed by atoms with Gasteiger partial charge in [0.2, 0.25) is 11.8 Å². The number of aromatic nitrogens is 8. The third kappa shape index (κ3) is 6.53. The highest BCUT2D eigenvalue weighted by atomic mass is 35.5. The Morgan fingerprint density at radius 2 is 1.07 bits per heavy atom. The predicted octanol–water partition coefficient (Wildman–Crippen LogP) is 1.96. The average molecular weight is 589 g/mol. The molecule has 212 valence electrons. The monoisotopic (exact) mass is 588 g/mol. The number of anilines is 2. The highest BCUT2D eigenvalue weighted by Gasteiger charge is 2.24. The third-order valence-corrected chi connectivity index (χ3v) is 6.93. The first kappa shape index (κ1) is 27.8. The molecule has 0 aliphatic carbocycles. The molecular formula is C24H30Cl2N12O2. The van der Waals surface area contributed by atoms with Gasteiger partial charge in [-0.2, -0.15) is 30.4 Å². The van der Waals surface area contributed by atoms with Crippen LogP contribution in [0.2, 0.25) is 10.0 Å². The summed E-state index contributed by atoms with van der Waals surface area (Å²) in [7, 11) is 4.11. The van der Waals surface area contributed by atoms with Crippen LogP contribution in [0.3, 0.4) is 0 Å². The topological polar surface area (TPSA) is 164 Å². The summed E-state index contributed by atoms with van der Waals surface area (Å²) in [6, 6.07) is 3.22. The van der Waals surface area contributed by atoms with E-state index < -0.39 is 0 Å². The maximum Gasteiger partial charge on any atom is 0.239 e. The lowest BCUT2D eigenvalue weighted by Crippen LogP contribution is -2.22. The Hall–Kier alpha value is -3.72. The maximum atomic E-state index is 6.13. The number of nitrogens with zero attached hydrogens (tertiary/aromatic N) is 10. The van der Waals surface area contributed by atoms with Crippen LogP contribution in [0.4, 0.5) is 11.4 Å². The number of halogens is 2. The van der Waals surface area contributed by atoms with E-state index in [0.29, 0.717) is 44.8 Å². The Bertz CT molecular complexity index is 1310. The molecule has 2 unspecified atom stereocenters. The van der Waals surface area contributed by atoms with E-state index >= 15 is 0 Å². The fourth-order valence-electron chi connectivity index (χ4n) is 4.37. The number of hydrogen-bond donors (Lipinski definition) is 2. The lowest BCUT2D eigenvalue weighted by molar-refractivity contribution is 0.201. The van der Waals surface area contributed by atoms with Gasteiger partial charge in [-0.25, -0.2) is 0 Å².